The molecule has 0 radical (unpaired) electrons. The van der Waals surface area contributed by atoms with Crippen LogP contribution < -0.4 is 4.74 Å². The zero-order valence-corrected chi connectivity index (χ0v) is 12.5. The van der Waals surface area contributed by atoms with Crippen LogP contribution >= 0.6 is 11.6 Å². The topological polar surface area (TPSA) is 9.23 Å². The van der Waals surface area contributed by atoms with Gasteiger partial charge in [-0.25, -0.2) is 0 Å². The third-order valence-electron chi connectivity index (χ3n) is 2.94. The average Bonchev–Trinajstić information content (AvgIpc) is 2.46. The Morgan fingerprint density at radius 3 is 2.40 bits per heavy atom. The average molecular weight is 285 g/mol. The molecule has 0 bridgehead atoms. The normalized spacial score (nSPS) is 9.75. The number of hydrogen-bond acceptors (Lipinski definition) is 1. The van der Waals surface area contributed by atoms with E-state index in [1.54, 1.807) is 0 Å². The van der Waals surface area contributed by atoms with E-state index in [2.05, 4.69) is 43.0 Å². The van der Waals surface area contributed by atoms with Gasteiger partial charge in [-0.1, -0.05) is 47.7 Å². The van der Waals surface area contributed by atoms with Crippen molar-refractivity contribution in [3.63, 3.8) is 0 Å². The van der Waals surface area contributed by atoms with Crippen molar-refractivity contribution in [2.45, 2.75) is 20.5 Å². The zero-order valence-electron chi connectivity index (χ0n) is 11.7. The van der Waals surface area contributed by atoms with Crippen molar-refractivity contribution in [2.24, 2.45) is 0 Å². The van der Waals surface area contributed by atoms with Crippen LogP contribution in [-0.2, 0) is 6.61 Å². The first kappa shape index (κ1) is 14.5. The molecular formula is C18H17ClO. The highest BCUT2D eigenvalue weighted by atomic mass is 35.5. The molecule has 2 aromatic rings. The van der Waals surface area contributed by atoms with Crippen LogP contribution in [0, 0.1) is 25.7 Å². The Bertz CT molecular complexity index is 633. The van der Waals surface area contributed by atoms with Gasteiger partial charge in [-0.05, 0) is 37.1 Å². The largest absolute Gasteiger partial charge is 0.488 e. The molecule has 0 amide bonds. The van der Waals surface area contributed by atoms with E-state index >= 15 is 0 Å². The third kappa shape index (κ3) is 4.05. The van der Waals surface area contributed by atoms with E-state index in [0.717, 1.165) is 22.4 Å². The number of hydrogen-bond donors (Lipinski definition) is 0. The number of alkyl halides is 1. The van der Waals surface area contributed by atoms with Gasteiger partial charge in [0.25, 0.3) is 0 Å². The Morgan fingerprint density at radius 1 is 1.00 bits per heavy atom. The summed E-state index contributed by atoms with van der Waals surface area (Å²) < 4.78 is 5.87. The van der Waals surface area contributed by atoms with E-state index in [9.17, 15) is 0 Å². The van der Waals surface area contributed by atoms with Gasteiger partial charge in [-0.15, -0.1) is 11.6 Å². The van der Waals surface area contributed by atoms with E-state index in [0.29, 0.717) is 12.5 Å². The molecule has 2 heteroatoms. The first-order valence-corrected chi connectivity index (χ1v) is 7.06. The van der Waals surface area contributed by atoms with Crippen molar-refractivity contribution >= 4 is 11.6 Å². The molecule has 20 heavy (non-hydrogen) atoms. The molecule has 102 valence electrons. The second kappa shape index (κ2) is 7.03. The lowest BCUT2D eigenvalue weighted by Crippen LogP contribution is -1.97. The summed E-state index contributed by atoms with van der Waals surface area (Å²) in [5.41, 5.74) is 4.44. The fourth-order valence-electron chi connectivity index (χ4n) is 1.84. The maximum atomic E-state index is 5.87. The molecule has 0 unspecified atom stereocenters. The summed E-state index contributed by atoms with van der Waals surface area (Å²) >= 11 is 5.62. The maximum Gasteiger partial charge on any atom is 0.135 e. The van der Waals surface area contributed by atoms with Gasteiger partial charge >= 0.3 is 0 Å². The molecule has 0 spiro atoms. The quantitative estimate of drug-likeness (QED) is 0.597. The molecule has 0 atom stereocenters. The molecule has 0 saturated carbocycles. The highest BCUT2D eigenvalue weighted by molar-refractivity contribution is 6.19. The molecule has 2 rings (SSSR count). The predicted molar refractivity (Wildman–Crippen MR) is 84.3 cm³/mol. The Balaban J connectivity index is 2.14. The summed E-state index contributed by atoms with van der Waals surface area (Å²) in [6.07, 6.45) is 0. The lowest BCUT2D eigenvalue weighted by Gasteiger charge is -2.09. The predicted octanol–water partition coefficient (Wildman–Crippen LogP) is 4.47. The fraction of sp³-hybridized carbons (Fsp3) is 0.222. The van der Waals surface area contributed by atoms with Crippen LogP contribution in [0.3, 0.4) is 0 Å². The summed E-state index contributed by atoms with van der Waals surface area (Å²) in [6, 6.07) is 14.3. The van der Waals surface area contributed by atoms with Gasteiger partial charge in [-0.2, -0.15) is 0 Å². The van der Waals surface area contributed by atoms with Gasteiger partial charge in [0.15, 0.2) is 0 Å². The molecule has 0 heterocycles. The molecule has 0 aromatic heterocycles. The van der Waals surface area contributed by atoms with Crippen LogP contribution in [0.4, 0.5) is 0 Å². The summed E-state index contributed by atoms with van der Waals surface area (Å²) in [5.74, 6) is 7.04. The fourth-order valence-corrected chi connectivity index (χ4v) is 1.91. The number of ether oxygens (including phenoxy) is 1. The highest BCUT2D eigenvalue weighted by Gasteiger charge is 2.02. The van der Waals surface area contributed by atoms with Gasteiger partial charge in [0.05, 0.1) is 11.4 Å². The number of halogens is 1. The zero-order chi connectivity index (χ0) is 14.4. The molecule has 0 aliphatic heterocycles. The Morgan fingerprint density at radius 2 is 1.70 bits per heavy atom. The third-order valence-corrected chi connectivity index (χ3v) is 3.07. The molecule has 1 nitrogen and oxygen atoms in total. The molecule has 2 aromatic carbocycles. The SMILES string of the molecule is Cc1ccc(COc2ccc(C)cc2C#CCCl)cc1. The Labute approximate surface area is 125 Å². The molecule has 0 aliphatic rings. The van der Waals surface area contributed by atoms with Gasteiger partial charge in [0.2, 0.25) is 0 Å². The standard InChI is InChI=1S/C18H17ClO/c1-14-5-8-16(9-6-14)13-20-18-10-7-15(2)12-17(18)4-3-11-19/h5-10,12H,11,13H2,1-2H3. The van der Waals surface area contributed by atoms with Gasteiger partial charge in [0, 0.05) is 0 Å². The van der Waals surface area contributed by atoms with Crippen molar-refractivity contribution in [2.75, 3.05) is 5.88 Å². The first-order chi connectivity index (χ1) is 9.69. The monoisotopic (exact) mass is 284 g/mol. The van der Waals surface area contributed by atoms with Crippen molar-refractivity contribution in [3.05, 3.63) is 64.7 Å². The smallest absolute Gasteiger partial charge is 0.135 e. The van der Waals surface area contributed by atoms with E-state index < -0.39 is 0 Å². The minimum Gasteiger partial charge on any atom is -0.488 e. The van der Waals surface area contributed by atoms with Gasteiger partial charge < -0.3 is 4.74 Å². The van der Waals surface area contributed by atoms with Crippen LogP contribution in [0.5, 0.6) is 5.75 Å². The molecule has 0 saturated heterocycles. The van der Waals surface area contributed by atoms with Crippen molar-refractivity contribution < 1.29 is 4.74 Å². The Hall–Kier alpha value is -1.91. The minimum atomic E-state index is 0.325. The number of rotatable bonds is 3. The van der Waals surface area contributed by atoms with Crippen LogP contribution in [-0.4, -0.2) is 5.88 Å². The van der Waals surface area contributed by atoms with E-state index in [1.165, 1.54) is 5.56 Å². The van der Waals surface area contributed by atoms with E-state index in [4.69, 9.17) is 16.3 Å². The summed E-state index contributed by atoms with van der Waals surface area (Å²) in [4.78, 5) is 0. The number of benzene rings is 2. The lowest BCUT2D eigenvalue weighted by atomic mass is 10.1. The van der Waals surface area contributed by atoms with Crippen LogP contribution in [0.2, 0.25) is 0 Å². The lowest BCUT2D eigenvalue weighted by molar-refractivity contribution is 0.305. The van der Waals surface area contributed by atoms with Gasteiger partial charge in [0.1, 0.15) is 12.4 Å². The molecule has 0 aliphatic carbocycles. The second-order valence-corrected chi connectivity index (χ2v) is 4.98. The molecule has 0 N–H and O–H groups in total. The number of aryl methyl sites for hydroxylation is 2. The van der Waals surface area contributed by atoms with E-state index in [1.807, 2.05) is 25.1 Å². The van der Waals surface area contributed by atoms with Crippen LogP contribution in [0.25, 0.3) is 0 Å². The highest BCUT2D eigenvalue weighted by Crippen LogP contribution is 2.20. The van der Waals surface area contributed by atoms with Crippen molar-refractivity contribution in [1.29, 1.82) is 0 Å². The minimum absolute atomic E-state index is 0.325. The summed E-state index contributed by atoms with van der Waals surface area (Å²) in [5, 5.41) is 0. The first-order valence-electron chi connectivity index (χ1n) is 6.53. The maximum absolute atomic E-state index is 5.87. The van der Waals surface area contributed by atoms with E-state index in [-0.39, 0.29) is 0 Å². The van der Waals surface area contributed by atoms with Gasteiger partial charge in [-0.3, -0.25) is 0 Å². The molecule has 0 fully saturated rings. The molecular weight excluding hydrogens is 268 g/mol. The Kier molecular flexibility index (Phi) is 5.09. The van der Waals surface area contributed by atoms with Crippen molar-refractivity contribution in [3.8, 4) is 17.6 Å². The second-order valence-electron chi connectivity index (χ2n) is 4.71. The summed E-state index contributed by atoms with van der Waals surface area (Å²) in [6.45, 7) is 4.65. The van der Waals surface area contributed by atoms with Crippen molar-refractivity contribution in [1.82, 2.24) is 0 Å². The summed E-state index contributed by atoms with van der Waals surface area (Å²) in [7, 11) is 0. The van der Waals surface area contributed by atoms with Crippen LogP contribution in [0.15, 0.2) is 42.5 Å². The van der Waals surface area contributed by atoms with Crippen LogP contribution in [0.1, 0.15) is 22.3 Å².